The van der Waals surface area contributed by atoms with Gasteiger partial charge in [0.1, 0.15) is 5.82 Å². The first-order valence-corrected chi connectivity index (χ1v) is 10.1. The van der Waals surface area contributed by atoms with Crippen LogP contribution in [0.1, 0.15) is 42.6 Å². The van der Waals surface area contributed by atoms with Crippen LogP contribution >= 0.6 is 0 Å². The Morgan fingerprint density at radius 2 is 1.93 bits per heavy atom. The van der Waals surface area contributed by atoms with Crippen LogP contribution < -0.4 is 10.9 Å². The minimum Gasteiger partial charge on any atom is -0.342 e. The maximum absolute atomic E-state index is 13.1. The number of hydrazine groups is 1. The summed E-state index contributed by atoms with van der Waals surface area (Å²) in [4.78, 5) is 19.6. The van der Waals surface area contributed by atoms with Gasteiger partial charge in [-0.25, -0.2) is 4.39 Å². The Bertz CT molecular complexity index is 818. The van der Waals surface area contributed by atoms with E-state index in [4.69, 9.17) is 4.98 Å². The van der Waals surface area contributed by atoms with Gasteiger partial charge >= 0.3 is 0 Å². The van der Waals surface area contributed by atoms with E-state index in [2.05, 4.69) is 23.0 Å². The van der Waals surface area contributed by atoms with E-state index in [-0.39, 0.29) is 23.7 Å². The van der Waals surface area contributed by atoms with Gasteiger partial charge in [0.05, 0.1) is 5.92 Å². The van der Waals surface area contributed by atoms with Gasteiger partial charge in [-0.05, 0) is 49.6 Å². The zero-order valence-electron chi connectivity index (χ0n) is 16.2. The van der Waals surface area contributed by atoms with Crippen molar-refractivity contribution < 1.29 is 9.18 Å². The van der Waals surface area contributed by atoms with Gasteiger partial charge in [-0.15, -0.1) is 0 Å². The number of likely N-dealkylation sites (tertiary alicyclic amines) is 1. The first kappa shape index (κ1) is 19.0. The van der Waals surface area contributed by atoms with Crippen molar-refractivity contribution in [1.29, 1.82) is 0 Å². The number of aromatic nitrogens is 1. The third-order valence-corrected chi connectivity index (χ3v) is 5.92. The van der Waals surface area contributed by atoms with Gasteiger partial charge in [0.25, 0.3) is 0 Å². The van der Waals surface area contributed by atoms with E-state index in [9.17, 15) is 9.18 Å². The van der Waals surface area contributed by atoms with Crippen LogP contribution in [0.25, 0.3) is 0 Å². The lowest BCUT2D eigenvalue weighted by atomic mass is 9.91. The molecule has 1 aromatic carbocycles. The molecule has 2 fully saturated rings. The van der Waals surface area contributed by atoms with E-state index < -0.39 is 0 Å². The number of amides is 1. The second-order valence-corrected chi connectivity index (χ2v) is 7.88. The first-order chi connectivity index (χ1) is 13.6. The standard InChI is InChI=1S/C22H27FN4O/c1-15-20(14-24-26-15)22(28)27-11-9-17(10-12-27)21-4-2-3-19(25-21)13-16-5-7-18(23)8-6-16/h2-8,15,17,20,24,26H,9-14H2,1H3. The topological polar surface area (TPSA) is 57.3 Å². The average Bonchev–Trinajstić information content (AvgIpc) is 3.15. The van der Waals surface area contributed by atoms with Crippen LogP contribution in [0.2, 0.25) is 0 Å². The Labute approximate surface area is 165 Å². The first-order valence-electron chi connectivity index (χ1n) is 10.1. The van der Waals surface area contributed by atoms with E-state index >= 15 is 0 Å². The predicted octanol–water partition coefficient (Wildman–Crippen LogP) is 2.63. The molecule has 5 nitrogen and oxygen atoms in total. The Kier molecular flexibility index (Phi) is 5.69. The third kappa shape index (κ3) is 4.23. The smallest absolute Gasteiger partial charge is 0.228 e. The number of carbonyl (C=O) groups is 1. The molecule has 2 unspecified atom stereocenters. The summed E-state index contributed by atoms with van der Waals surface area (Å²) in [5, 5.41) is 0. The molecular formula is C22H27FN4O. The highest BCUT2D eigenvalue weighted by Gasteiger charge is 2.34. The molecule has 0 spiro atoms. The molecule has 2 aliphatic rings. The monoisotopic (exact) mass is 382 g/mol. The molecule has 2 aromatic rings. The molecule has 28 heavy (non-hydrogen) atoms. The van der Waals surface area contributed by atoms with E-state index in [0.29, 0.717) is 18.9 Å². The lowest BCUT2D eigenvalue weighted by molar-refractivity contribution is -0.136. The van der Waals surface area contributed by atoms with E-state index in [1.807, 2.05) is 30.0 Å². The highest BCUT2D eigenvalue weighted by molar-refractivity contribution is 5.80. The molecular weight excluding hydrogens is 355 g/mol. The number of hydrogen-bond donors (Lipinski definition) is 2. The summed E-state index contributed by atoms with van der Waals surface area (Å²) >= 11 is 0. The molecule has 2 aliphatic heterocycles. The summed E-state index contributed by atoms with van der Waals surface area (Å²) in [5.74, 6) is 0.440. The molecule has 4 rings (SSSR count). The van der Waals surface area contributed by atoms with Crippen molar-refractivity contribution in [3.05, 3.63) is 65.2 Å². The van der Waals surface area contributed by atoms with Crippen molar-refractivity contribution in [3.8, 4) is 0 Å². The van der Waals surface area contributed by atoms with Gasteiger partial charge in [-0.3, -0.25) is 20.6 Å². The molecule has 1 amide bonds. The number of carbonyl (C=O) groups excluding carboxylic acids is 1. The normalized spacial score (nSPS) is 23.1. The highest BCUT2D eigenvalue weighted by Crippen LogP contribution is 2.28. The third-order valence-electron chi connectivity index (χ3n) is 5.92. The fourth-order valence-electron chi connectivity index (χ4n) is 4.17. The van der Waals surface area contributed by atoms with Crippen LogP contribution in [0.5, 0.6) is 0 Å². The maximum atomic E-state index is 13.1. The molecule has 0 saturated carbocycles. The van der Waals surface area contributed by atoms with Crippen molar-refractivity contribution in [2.75, 3.05) is 19.6 Å². The number of hydrogen-bond acceptors (Lipinski definition) is 4. The van der Waals surface area contributed by atoms with Crippen molar-refractivity contribution in [1.82, 2.24) is 20.7 Å². The molecule has 2 saturated heterocycles. The van der Waals surface area contributed by atoms with Crippen LogP contribution in [-0.4, -0.2) is 41.5 Å². The summed E-state index contributed by atoms with van der Waals surface area (Å²) in [6, 6.07) is 12.9. The number of rotatable bonds is 4. The van der Waals surface area contributed by atoms with Gasteiger partial charge in [0.2, 0.25) is 5.91 Å². The Morgan fingerprint density at radius 3 is 2.61 bits per heavy atom. The highest BCUT2D eigenvalue weighted by atomic mass is 19.1. The second kappa shape index (κ2) is 8.37. The molecule has 0 bridgehead atoms. The van der Waals surface area contributed by atoms with Gasteiger partial charge in [-0.1, -0.05) is 18.2 Å². The molecule has 3 heterocycles. The van der Waals surface area contributed by atoms with Gasteiger partial charge in [0, 0.05) is 49.4 Å². The minimum atomic E-state index is -0.217. The average molecular weight is 382 g/mol. The van der Waals surface area contributed by atoms with Crippen molar-refractivity contribution in [3.63, 3.8) is 0 Å². The van der Waals surface area contributed by atoms with Crippen LogP contribution in [0.15, 0.2) is 42.5 Å². The Morgan fingerprint density at radius 1 is 1.18 bits per heavy atom. The van der Waals surface area contributed by atoms with Crippen molar-refractivity contribution in [2.45, 2.75) is 38.1 Å². The molecule has 0 radical (unpaired) electrons. The number of nitrogens with zero attached hydrogens (tertiary/aromatic N) is 2. The lowest BCUT2D eigenvalue weighted by Gasteiger charge is -2.34. The summed E-state index contributed by atoms with van der Waals surface area (Å²) in [6.07, 6.45) is 2.59. The number of benzene rings is 1. The maximum Gasteiger partial charge on any atom is 0.228 e. The van der Waals surface area contributed by atoms with Gasteiger partial charge in [-0.2, -0.15) is 0 Å². The molecule has 1 aromatic heterocycles. The molecule has 2 N–H and O–H groups in total. The number of piperidine rings is 1. The van der Waals surface area contributed by atoms with E-state index in [0.717, 1.165) is 42.9 Å². The minimum absolute atomic E-state index is 0.0220. The largest absolute Gasteiger partial charge is 0.342 e. The van der Waals surface area contributed by atoms with Crippen LogP contribution in [0.4, 0.5) is 4.39 Å². The zero-order valence-corrected chi connectivity index (χ0v) is 16.2. The summed E-state index contributed by atoms with van der Waals surface area (Å²) < 4.78 is 13.1. The van der Waals surface area contributed by atoms with Crippen LogP contribution in [0.3, 0.4) is 0 Å². The van der Waals surface area contributed by atoms with Crippen LogP contribution in [0, 0.1) is 11.7 Å². The van der Waals surface area contributed by atoms with E-state index in [1.54, 1.807) is 0 Å². The van der Waals surface area contributed by atoms with Crippen molar-refractivity contribution >= 4 is 5.91 Å². The molecule has 2 atom stereocenters. The van der Waals surface area contributed by atoms with Gasteiger partial charge in [0.15, 0.2) is 0 Å². The number of halogens is 1. The summed E-state index contributed by atoms with van der Waals surface area (Å²) in [5.41, 5.74) is 9.36. The predicted molar refractivity (Wildman–Crippen MR) is 106 cm³/mol. The van der Waals surface area contributed by atoms with Crippen LogP contribution in [-0.2, 0) is 11.2 Å². The summed E-state index contributed by atoms with van der Waals surface area (Å²) in [7, 11) is 0. The Hall–Kier alpha value is -2.31. The quantitative estimate of drug-likeness (QED) is 0.854. The molecule has 148 valence electrons. The fraction of sp³-hybridized carbons (Fsp3) is 0.455. The lowest BCUT2D eigenvalue weighted by Crippen LogP contribution is -2.44. The summed E-state index contributed by atoms with van der Waals surface area (Å²) in [6.45, 7) is 4.33. The molecule has 0 aliphatic carbocycles. The Balaban J connectivity index is 1.36. The van der Waals surface area contributed by atoms with Gasteiger partial charge < -0.3 is 4.90 Å². The SMILES string of the molecule is CC1NNCC1C(=O)N1CCC(c2cccc(Cc3ccc(F)cc3)n2)CC1. The fourth-order valence-corrected chi connectivity index (χ4v) is 4.17. The molecule has 6 heteroatoms. The second-order valence-electron chi connectivity index (χ2n) is 7.88. The zero-order chi connectivity index (χ0) is 19.5. The van der Waals surface area contributed by atoms with Crippen molar-refractivity contribution in [2.24, 2.45) is 5.92 Å². The number of nitrogens with one attached hydrogen (secondary N) is 2. The number of pyridine rings is 1. The van der Waals surface area contributed by atoms with E-state index in [1.165, 1.54) is 12.1 Å².